The molecule has 0 radical (unpaired) electrons. The molecule has 1 aromatic rings. The molecule has 0 unspecified atom stereocenters. The fourth-order valence-electron chi connectivity index (χ4n) is 2.11. The summed E-state index contributed by atoms with van der Waals surface area (Å²) >= 11 is 0. The van der Waals surface area contributed by atoms with Crippen molar-refractivity contribution in [1.29, 1.82) is 5.26 Å². The number of aromatic nitrogens is 2. The van der Waals surface area contributed by atoms with Crippen molar-refractivity contribution in [2.45, 2.75) is 18.9 Å². The predicted molar refractivity (Wildman–Crippen MR) is 61.8 cm³/mol. The maximum Gasteiger partial charge on any atom is 0.331 e. The van der Waals surface area contributed by atoms with Crippen molar-refractivity contribution in [1.82, 2.24) is 14.5 Å². The lowest BCUT2D eigenvalue weighted by Crippen LogP contribution is -2.42. The molecule has 0 aliphatic carbocycles. The molecule has 0 aromatic carbocycles. The van der Waals surface area contributed by atoms with Gasteiger partial charge < -0.3 is 5.32 Å². The summed E-state index contributed by atoms with van der Waals surface area (Å²) in [6, 6.07) is 1.91. The van der Waals surface area contributed by atoms with Crippen molar-refractivity contribution < 1.29 is 0 Å². The molecule has 0 bridgehead atoms. The third kappa shape index (κ3) is 2.01. The molecule has 1 aliphatic heterocycles. The van der Waals surface area contributed by atoms with Gasteiger partial charge in [-0.25, -0.2) is 4.79 Å². The van der Waals surface area contributed by atoms with Gasteiger partial charge in [-0.05, 0) is 25.9 Å². The van der Waals surface area contributed by atoms with Gasteiger partial charge in [-0.2, -0.15) is 5.26 Å². The molecule has 0 atom stereocenters. The van der Waals surface area contributed by atoms with Gasteiger partial charge in [0.15, 0.2) is 0 Å². The smallest absolute Gasteiger partial charge is 0.317 e. The van der Waals surface area contributed by atoms with Gasteiger partial charge in [-0.1, -0.05) is 0 Å². The number of nitrogens with zero attached hydrogens (tertiary/aromatic N) is 3. The lowest BCUT2D eigenvalue weighted by Gasteiger charge is -2.24. The van der Waals surface area contributed by atoms with Gasteiger partial charge in [-0.3, -0.25) is 13.9 Å². The van der Waals surface area contributed by atoms with Gasteiger partial charge in [0.05, 0.1) is 0 Å². The summed E-state index contributed by atoms with van der Waals surface area (Å²) in [6.45, 7) is 1.70. The van der Waals surface area contributed by atoms with Crippen molar-refractivity contribution in [3.63, 3.8) is 0 Å². The van der Waals surface area contributed by atoms with Crippen LogP contribution in [-0.4, -0.2) is 22.2 Å². The molecular weight excluding hydrogens is 220 g/mol. The second kappa shape index (κ2) is 4.55. The Morgan fingerprint density at radius 3 is 2.65 bits per heavy atom. The highest BCUT2D eigenvalue weighted by Crippen LogP contribution is 2.15. The molecular formula is C11H14N4O2. The Bertz CT molecular complexity index is 573. The van der Waals surface area contributed by atoms with E-state index in [1.54, 1.807) is 0 Å². The van der Waals surface area contributed by atoms with Crippen molar-refractivity contribution in [3.8, 4) is 6.07 Å². The van der Waals surface area contributed by atoms with Gasteiger partial charge in [0.25, 0.3) is 5.56 Å². The highest BCUT2D eigenvalue weighted by molar-refractivity contribution is 5.22. The number of nitriles is 1. The zero-order chi connectivity index (χ0) is 12.4. The molecule has 1 aromatic heterocycles. The van der Waals surface area contributed by atoms with E-state index in [0.29, 0.717) is 0 Å². The topological polar surface area (TPSA) is 79.8 Å². The number of hydrogen-bond acceptors (Lipinski definition) is 4. The third-order valence-electron chi connectivity index (χ3n) is 3.13. The van der Waals surface area contributed by atoms with Crippen molar-refractivity contribution in [2.75, 3.05) is 13.1 Å². The van der Waals surface area contributed by atoms with Crippen LogP contribution in [0.2, 0.25) is 0 Å². The molecule has 1 aliphatic rings. The zero-order valence-electron chi connectivity index (χ0n) is 9.64. The van der Waals surface area contributed by atoms with Gasteiger partial charge in [0, 0.05) is 19.3 Å². The SMILES string of the molecule is Cn1c(=O)c(C#N)cn(C2CCNCC2)c1=O. The molecule has 0 amide bonds. The van der Waals surface area contributed by atoms with E-state index >= 15 is 0 Å². The molecule has 1 saturated heterocycles. The largest absolute Gasteiger partial charge is 0.331 e. The second-order valence-electron chi connectivity index (χ2n) is 4.19. The standard InChI is InChI=1S/C11H14N4O2/c1-14-10(16)8(6-12)7-15(11(14)17)9-2-4-13-5-3-9/h7,9,13H,2-5H2,1H3. The first-order valence-corrected chi connectivity index (χ1v) is 5.58. The Kier molecular flexibility index (Phi) is 3.11. The molecule has 6 heteroatoms. The van der Waals surface area contributed by atoms with Gasteiger partial charge >= 0.3 is 5.69 Å². The van der Waals surface area contributed by atoms with Crippen LogP contribution in [0.5, 0.6) is 0 Å². The quantitative estimate of drug-likeness (QED) is 0.699. The summed E-state index contributed by atoms with van der Waals surface area (Å²) in [5.41, 5.74) is -0.853. The highest BCUT2D eigenvalue weighted by Gasteiger charge is 2.18. The van der Waals surface area contributed by atoms with Crippen LogP contribution < -0.4 is 16.6 Å². The fraction of sp³-hybridized carbons (Fsp3) is 0.545. The molecule has 2 heterocycles. The predicted octanol–water partition coefficient (Wildman–Crippen LogP) is -0.657. The van der Waals surface area contributed by atoms with Crippen LogP contribution in [0, 0.1) is 11.3 Å². The summed E-state index contributed by atoms with van der Waals surface area (Å²) in [5, 5.41) is 12.1. The van der Waals surface area contributed by atoms with Crippen LogP contribution in [0.3, 0.4) is 0 Å². The Balaban J connectivity index is 2.54. The maximum absolute atomic E-state index is 12.0. The van der Waals surface area contributed by atoms with E-state index in [0.717, 1.165) is 30.5 Å². The van der Waals surface area contributed by atoms with Crippen LogP contribution >= 0.6 is 0 Å². The van der Waals surface area contributed by atoms with Crippen LogP contribution in [0.1, 0.15) is 24.4 Å². The first-order valence-electron chi connectivity index (χ1n) is 5.58. The average molecular weight is 234 g/mol. The molecule has 17 heavy (non-hydrogen) atoms. The van der Waals surface area contributed by atoms with Crippen LogP contribution in [-0.2, 0) is 7.05 Å². The van der Waals surface area contributed by atoms with E-state index in [-0.39, 0.29) is 17.3 Å². The van der Waals surface area contributed by atoms with Crippen molar-refractivity contribution >= 4 is 0 Å². The Morgan fingerprint density at radius 1 is 1.41 bits per heavy atom. The molecule has 0 saturated carbocycles. The summed E-state index contributed by atoms with van der Waals surface area (Å²) in [4.78, 5) is 23.5. The van der Waals surface area contributed by atoms with E-state index in [9.17, 15) is 9.59 Å². The van der Waals surface area contributed by atoms with E-state index in [2.05, 4.69) is 5.32 Å². The average Bonchev–Trinajstić information content (AvgIpc) is 2.37. The monoisotopic (exact) mass is 234 g/mol. The summed E-state index contributed by atoms with van der Waals surface area (Å²) in [7, 11) is 1.41. The summed E-state index contributed by atoms with van der Waals surface area (Å²) in [6.07, 6.45) is 3.06. The molecule has 90 valence electrons. The number of piperidine rings is 1. The Morgan fingerprint density at radius 2 is 2.06 bits per heavy atom. The Hall–Kier alpha value is -1.87. The van der Waals surface area contributed by atoms with E-state index in [1.807, 2.05) is 6.07 Å². The van der Waals surface area contributed by atoms with Crippen LogP contribution in [0.4, 0.5) is 0 Å². The van der Waals surface area contributed by atoms with E-state index < -0.39 is 5.56 Å². The molecule has 2 rings (SSSR count). The first kappa shape index (κ1) is 11.6. The first-order chi connectivity index (χ1) is 8.15. The van der Waals surface area contributed by atoms with Crippen molar-refractivity contribution in [3.05, 3.63) is 32.6 Å². The van der Waals surface area contributed by atoms with Crippen LogP contribution in [0.25, 0.3) is 0 Å². The van der Waals surface area contributed by atoms with Crippen molar-refractivity contribution in [2.24, 2.45) is 7.05 Å². The summed E-state index contributed by atoms with van der Waals surface area (Å²) in [5.74, 6) is 0. The minimum atomic E-state index is -0.525. The van der Waals surface area contributed by atoms with E-state index in [4.69, 9.17) is 5.26 Å². The number of rotatable bonds is 1. The van der Waals surface area contributed by atoms with Gasteiger partial charge in [-0.15, -0.1) is 0 Å². The van der Waals surface area contributed by atoms with E-state index in [1.165, 1.54) is 17.8 Å². The lowest BCUT2D eigenvalue weighted by molar-refractivity contribution is 0.350. The zero-order valence-corrected chi connectivity index (χ0v) is 9.64. The maximum atomic E-state index is 12.0. The minimum absolute atomic E-state index is 0.0191. The molecule has 1 N–H and O–H groups in total. The van der Waals surface area contributed by atoms with Crippen LogP contribution in [0.15, 0.2) is 15.8 Å². The Labute approximate surface area is 98.1 Å². The number of nitrogens with one attached hydrogen (secondary N) is 1. The normalized spacial score (nSPS) is 16.7. The number of hydrogen-bond donors (Lipinski definition) is 1. The molecule has 1 fully saturated rings. The fourth-order valence-corrected chi connectivity index (χ4v) is 2.11. The lowest BCUT2D eigenvalue weighted by atomic mass is 10.1. The van der Waals surface area contributed by atoms with Gasteiger partial charge in [0.2, 0.25) is 0 Å². The third-order valence-corrected chi connectivity index (χ3v) is 3.13. The van der Waals surface area contributed by atoms with Gasteiger partial charge in [0.1, 0.15) is 11.6 Å². The molecule has 6 nitrogen and oxygen atoms in total. The highest BCUT2D eigenvalue weighted by atomic mass is 16.2. The minimum Gasteiger partial charge on any atom is -0.317 e. The second-order valence-corrected chi connectivity index (χ2v) is 4.19. The summed E-state index contributed by atoms with van der Waals surface area (Å²) < 4.78 is 2.52. The molecule has 0 spiro atoms.